The zero-order chi connectivity index (χ0) is 64.4. The summed E-state index contributed by atoms with van der Waals surface area (Å²) >= 11 is 0. The molecule has 0 unspecified atom stereocenters. The first-order valence-corrected chi connectivity index (χ1v) is 33.8. The monoisotopic (exact) mass is 1240 g/mol. The van der Waals surface area contributed by atoms with Crippen molar-refractivity contribution in [1.29, 1.82) is 0 Å². The van der Waals surface area contributed by atoms with Gasteiger partial charge in [0.05, 0.1) is 0 Å². The number of hydrogen-bond acceptors (Lipinski definition) is 2. The highest BCUT2D eigenvalue weighted by Gasteiger charge is 2.25. The van der Waals surface area contributed by atoms with E-state index in [4.69, 9.17) is 8.83 Å². The number of hydrogen-bond donors (Lipinski definition) is 0. The Kier molecular flexibility index (Phi) is 12.7. The van der Waals surface area contributed by atoms with Crippen LogP contribution in [0.2, 0.25) is 0 Å². The lowest BCUT2D eigenvalue weighted by Crippen LogP contribution is -1.94. The van der Waals surface area contributed by atoms with Crippen LogP contribution in [-0.4, -0.2) is 0 Å². The second-order valence-corrected chi connectivity index (χ2v) is 26.0. The Bertz CT molecular complexity index is 6540. The quantitative estimate of drug-likeness (QED) is 0.135. The molecular weight excluding hydrogens is 1190 g/mol. The number of fused-ring (bicyclic) bond motifs is 12. The van der Waals surface area contributed by atoms with E-state index in [2.05, 4.69) is 352 Å². The fourth-order valence-electron chi connectivity index (χ4n) is 16.3. The largest absolute Gasteiger partial charge is 0.455 e. The smallest absolute Gasteiger partial charge is 0.143 e. The molecule has 0 atom stereocenters. The maximum atomic E-state index is 7.03. The highest BCUT2D eigenvalue weighted by molar-refractivity contribution is 6.26. The molecule has 0 aliphatic rings. The van der Waals surface area contributed by atoms with Gasteiger partial charge in [-0.25, -0.2) is 0 Å². The van der Waals surface area contributed by atoms with Crippen molar-refractivity contribution in [1.82, 2.24) is 0 Å². The molecule has 2 heteroatoms. The third-order valence-corrected chi connectivity index (χ3v) is 20.7. The summed E-state index contributed by atoms with van der Waals surface area (Å²) in [5.41, 5.74) is 24.5. The minimum absolute atomic E-state index is 0.868. The summed E-state index contributed by atoms with van der Waals surface area (Å²) in [6.07, 6.45) is 0. The molecule has 0 N–H and O–H groups in total. The Hall–Kier alpha value is -12.9. The van der Waals surface area contributed by atoms with Gasteiger partial charge in [-0.15, -0.1) is 0 Å². The van der Waals surface area contributed by atoms with Crippen molar-refractivity contribution in [2.75, 3.05) is 0 Å². The van der Waals surface area contributed by atoms with E-state index in [1.165, 1.54) is 115 Å². The van der Waals surface area contributed by atoms with E-state index in [1.54, 1.807) is 0 Å². The zero-order valence-corrected chi connectivity index (χ0v) is 53.3. The summed E-state index contributed by atoms with van der Waals surface area (Å²) in [5.74, 6) is 0. The minimum atomic E-state index is 0.868. The predicted molar refractivity (Wildman–Crippen MR) is 415 cm³/mol. The third-order valence-electron chi connectivity index (χ3n) is 20.7. The van der Waals surface area contributed by atoms with Crippen molar-refractivity contribution >= 4 is 109 Å². The summed E-state index contributed by atoms with van der Waals surface area (Å²) in [5, 5.41) is 18.7. The first kappa shape index (κ1) is 55.6. The van der Waals surface area contributed by atoms with Gasteiger partial charge in [0.1, 0.15) is 22.3 Å². The molecule has 2 aromatic heterocycles. The Morgan fingerprint density at radius 2 is 0.531 bits per heavy atom. The predicted octanol–water partition coefficient (Wildman–Crippen LogP) is 27.4. The lowest BCUT2D eigenvalue weighted by molar-refractivity contribution is 0.669. The van der Waals surface area contributed by atoms with Gasteiger partial charge in [-0.2, -0.15) is 0 Å². The van der Waals surface area contributed by atoms with Crippen molar-refractivity contribution in [2.45, 2.75) is 0 Å². The Balaban J connectivity index is 0.747. The molecule has 0 aliphatic carbocycles. The van der Waals surface area contributed by atoms with Crippen LogP contribution in [0.1, 0.15) is 0 Å². The van der Waals surface area contributed by atoms with Crippen LogP contribution in [0.3, 0.4) is 0 Å². The maximum absolute atomic E-state index is 7.03. The topological polar surface area (TPSA) is 26.3 Å². The van der Waals surface area contributed by atoms with Gasteiger partial charge in [-0.05, 0) is 196 Å². The molecule has 18 aromatic carbocycles. The summed E-state index contributed by atoms with van der Waals surface area (Å²) in [7, 11) is 0. The van der Waals surface area contributed by atoms with Crippen molar-refractivity contribution in [3.63, 3.8) is 0 Å². The van der Waals surface area contributed by atoms with Crippen molar-refractivity contribution in [3.05, 3.63) is 352 Å². The molecular formula is C96H58O2. The molecule has 0 aliphatic heterocycles. The summed E-state index contributed by atoms with van der Waals surface area (Å²) in [4.78, 5) is 0. The average molecular weight is 1240 g/mol. The third kappa shape index (κ3) is 8.75. The molecule has 0 radical (unpaired) electrons. The number of para-hydroxylation sites is 2. The highest BCUT2D eigenvalue weighted by Crippen LogP contribution is 2.52. The molecule has 98 heavy (non-hydrogen) atoms. The Labute approximate surface area is 565 Å². The Morgan fingerprint density at radius 1 is 0.143 bits per heavy atom. The number of furan rings is 2. The van der Waals surface area contributed by atoms with E-state index in [0.29, 0.717) is 0 Å². The van der Waals surface area contributed by atoms with Crippen LogP contribution < -0.4 is 0 Å². The van der Waals surface area contributed by atoms with Gasteiger partial charge in [0.2, 0.25) is 0 Å². The molecule has 0 saturated carbocycles. The Morgan fingerprint density at radius 3 is 1.18 bits per heavy atom. The second-order valence-electron chi connectivity index (χ2n) is 26.0. The van der Waals surface area contributed by atoms with Crippen LogP contribution in [0, 0.1) is 0 Å². The number of rotatable bonds is 9. The van der Waals surface area contributed by atoms with Gasteiger partial charge >= 0.3 is 0 Å². The van der Waals surface area contributed by atoms with Gasteiger partial charge in [0.15, 0.2) is 0 Å². The lowest BCUT2D eigenvalue weighted by Gasteiger charge is -2.21. The van der Waals surface area contributed by atoms with Crippen molar-refractivity contribution in [2.24, 2.45) is 0 Å². The van der Waals surface area contributed by atoms with Crippen LogP contribution >= 0.6 is 0 Å². The standard InChI is InChI=1S/C96H58O2/c1-3-24-59(25-4-1)68-32-9-10-34-74(68)93-79-39-15-13-37-77(79)92(78-38-14-16-40-80(78)93)66-57-87(96-88(58-66)73-33-19-20-47-89(73)97-96)72-44-22-30-64-54-62(48-52-70(64)72)63-49-51-69(60-26-5-2-6-27-60)86(55-63)94-81-41-17-11-35-75(81)91(76-36-12-18-42-82(76)94)65-50-53-90-85(56-65)84-46-23-45-83(95(84)98-90)71-43-21-29-61-28-7-8-31-67(61)71/h1-58H. The van der Waals surface area contributed by atoms with E-state index in [1.807, 2.05) is 0 Å². The average Bonchev–Trinajstić information content (AvgIpc) is 0.878. The molecule has 0 fully saturated rings. The van der Waals surface area contributed by atoms with Crippen LogP contribution in [0.25, 0.3) is 209 Å². The fourth-order valence-corrected chi connectivity index (χ4v) is 16.3. The first-order chi connectivity index (χ1) is 48.6. The molecule has 454 valence electrons. The fraction of sp³-hybridized carbons (Fsp3) is 0. The molecule has 0 amide bonds. The summed E-state index contributed by atoms with van der Waals surface area (Å²) in [6, 6.07) is 129. The van der Waals surface area contributed by atoms with Gasteiger partial charge in [0, 0.05) is 32.7 Å². The summed E-state index contributed by atoms with van der Waals surface area (Å²) < 4.78 is 13.9. The minimum Gasteiger partial charge on any atom is -0.455 e. The summed E-state index contributed by atoms with van der Waals surface area (Å²) in [6.45, 7) is 0. The normalized spacial score (nSPS) is 11.9. The molecule has 0 spiro atoms. The van der Waals surface area contributed by atoms with E-state index < -0.39 is 0 Å². The second kappa shape index (κ2) is 22.4. The molecule has 2 nitrogen and oxygen atoms in total. The van der Waals surface area contributed by atoms with E-state index >= 15 is 0 Å². The SMILES string of the molecule is c1ccc(-c2ccccc2-c2c3ccccc3c(-c3cc(-c4cccc5cc(-c6ccc(-c7ccccc7)c(-c7c8ccccc8c(-c8ccc9oc%10c(-c%11cccc%12ccccc%11%12)cccc%10c9c8)c8ccccc78)c6)ccc45)c4oc5ccccc5c4c3)c3ccccc23)cc1. The van der Waals surface area contributed by atoms with Crippen LogP contribution in [0.5, 0.6) is 0 Å². The van der Waals surface area contributed by atoms with Crippen LogP contribution in [0.4, 0.5) is 0 Å². The highest BCUT2D eigenvalue weighted by atomic mass is 16.3. The number of benzene rings is 18. The molecule has 0 bridgehead atoms. The van der Waals surface area contributed by atoms with Crippen molar-refractivity contribution < 1.29 is 8.83 Å². The van der Waals surface area contributed by atoms with Crippen molar-refractivity contribution in [3.8, 4) is 100 Å². The first-order valence-electron chi connectivity index (χ1n) is 33.8. The molecule has 20 rings (SSSR count). The van der Waals surface area contributed by atoms with Gasteiger partial charge in [-0.1, -0.05) is 309 Å². The zero-order valence-electron chi connectivity index (χ0n) is 53.3. The molecule has 20 aromatic rings. The maximum Gasteiger partial charge on any atom is 0.143 e. The van der Waals surface area contributed by atoms with Crippen LogP contribution in [0.15, 0.2) is 361 Å². The van der Waals surface area contributed by atoms with E-state index in [-0.39, 0.29) is 0 Å². The van der Waals surface area contributed by atoms with Gasteiger partial charge < -0.3 is 8.83 Å². The lowest BCUT2D eigenvalue weighted by atomic mass is 9.82. The van der Waals surface area contributed by atoms with E-state index in [0.717, 1.165) is 93.6 Å². The van der Waals surface area contributed by atoms with Gasteiger partial charge in [0.25, 0.3) is 0 Å². The van der Waals surface area contributed by atoms with Gasteiger partial charge in [-0.3, -0.25) is 0 Å². The molecule has 2 heterocycles. The van der Waals surface area contributed by atoms with Crippen LogP contribution in [-0.2, 0) is 0 Å². The van der Waals surface area contributed by atoms with E-state index in [9.17, 15) is 0 Å². The molecule has 0 saturated heterocycles.